The van der Waals surface area contributed by atoms with E-state index in [1.807, 2.05) is 31.4 Å². The van der Waals surface area contributed by atoms with Crippen LogP contribution in [0.15, 0.2) is 41.8 Å². The van der Waals surface area contributed by atoms with Gasteiger partial charge in [-0.25, -0.2) is 0 Å². The summed E-state index contributed by atoms with van der Waals surface area (Å²) in [6, 6.07) is 10.2. The average Bonchev–Trinajstić information content (AvgIpc) is 3.10. The summed E-state index contributed by atoms with van der Waals surface area (Å²) in [5.41, 5.74) is 0.414. The lowest BCUT2D eigenvalue weighted by Gasteiger charge is -2.22. The minimum absolute atomic E-state index is 0.0352. The van der Waals surface area contributed by atoms with Crippen molar-refractivity contribution < 1.29 is 14.3 Å². The molecule has 2 aromatic rings. The maximum Gasteiger partial charge on any atom is 0.255 e. The van der Waals surface area contributed by atoms with Crippen molar-refractivity contribution in [3.05, 3.63) is 52.2 Å². The Morgan fingerprint density at radius 2 is 1.92 bits per heavy atom. The summed E-state index contributed by atoms with van der Waals surface area (Å²) < 4.78 is 5.21. The van der Waals surface area contributed by atoms with Crippen molar-refractivity contribution in [1.29, 1.82) is 0 Å². The second-order valence-corrected chi connectivity index (χ2v) is 6.72. The molecule has 0 aliphatic heterocycles. The van der Waals surface area contributed by atoms with Crippen molar-refractivity contribution in [2.45, 2.75) is 26.4 Å². The monoisotopic (exact) mass is 346 g/mol. The molecule has 1 aromatic carbocycles. The number of rotatable bonds is 7. The number of hydrogen-bond donors (Lipinski definition) is 2. The van der Waals surface area contributed by atoms with Crippen LogP contribution in [0.2, 0.25) is 0 Å². The summed E-state index contributed by atoms with van der Waals surface area (Å²) in [6.07, 6.45) is 0. The molecule has 128 valence electrons. The fourth-order valence-corrected chi connectivity index (χ4v) is 2.93. The van der Waals surface area contributed by atoms with Crippen LogP contribution in [0.5, 0.6) is 5.75 Å². The number of nitrogens with one attached hydrogen (secondary N) is 2. The smallest absolute Gasteiger partial charge is 0.255 e. The van der Waals surface area contributed by atoms with Gasteiger partial charge >= 0.3 is 0 Å². The highest BCUT2D eigenvalue weighted by Gasteiger charge is 2.25. The van der Waals surface area contributed by atoms with E-state index in [-0.39, 0.29) is 17.7 Å². The van der Waals surface area contributed by atoms with E-state index in [1.54, 1.807) is 35.6 Å². The van der Waals surface area contributed by atoms with Crippen LogP contribution in [0.1, 0.15) is 29.1 Å². The van der Waals surface area contributed by atoms with Gasteiger partial charge in [-0.1, -0.05) is 32.0 Å². The van der Waals surface area contributed by atoms with Gasteiger partial charge in [0.15, 0.2) is 0 Å². The largest absolute Gasteiger partial charge is 0.496 e. The molecule has 0 bridgehead atoms. The van der Waals surface area contributed by atoms with Crippen molar-refractivity contribution in [1.82, 2.24) is 10.6 Å². The Hall–Kier alpha value is -2.34. The summed E-state index contributed by atoms with van der Waals surface area (Å²) in [7, 11) is 1.51. The van der Waals surface area contributed by atoms with Gasteiger partial charge in [0, 0.05) is 4.88 Å². The Labute approximate surface area is 146 Å². The van der Waals surface area contributed by atoms with Gasteiger partial charge in [0.05, 0.1) is 19.2 Å². The van der Waals surface area contributed by atoms with Crippen LogP contribution in [-0.2, 0) is 11.3 Å². The van der Waals surface area contributed by atoms with Crippen LogP contribution < -0.4 is 15.4 Å². The maximum atomic E-state index is 12.5. The molecule has 2 rings (SSSR count). The van der Waals surface area contributed by atoms with Gasteiger partial charge in [0.1, 0.15) is 11.8 Å². The Morgan fingerprint density at radius 1 is 1.17 bits per heavy atom. The molecule has 2 N–H and O–H groups in total. The first-order chi connectivity index (χ1) is 11.5. The number of thiophene rings is 1. The topological polar surface area (TPSA) is 67.4 Å². The minimum Gasteiger partial charge on any atom is -0.496 e. The first kappa shape index (κ1) is 18.0. The molecule has 0 fully saturated rings. The van der Waals surface area contributed by atoms with Gasteiger partial charge in [-0.3, -0.25) is 9.59 Å². The van der Waals surface area contributed by atoms with Crippen LogP contribution in [0, 0.1) is 5.92 Å². The van der Waals surface area contributed by atoms with Crippen molar-refractivity contribution in [2.24, 2.45) is 5.92 Å². The lowest BCUT2D eigenvalue weighted by atomic mass is 10.0. The molecule has 0 aliphatic carbocycles. The van der Waals surface area contributed by atoms with E-state index in [0.29, 0.717) is 17.9 Å². The highest BCUT2D eigenvalue weighted by atomic mass is 32.1. The second-order valence-electron chi connectivity index (χ2n) is 5.69. The highest BCUT2D eigenvalue weighted by molar-refractivity contribution is 7.09. The van der Waals surface area contributed by atoms with E-state index in [1.165, 1.54) is 7.11 Å². The van der Waals surface area contributed by atoms with Gasteiger partial charge < -0.3 is 15.4 Å². The molecule has 1 atom stereocenters. The van der Waals surface area contributed by atoms with E-state index in [0.717, 1.165) is 4.88 Å². The maximum absolute atomic E-state index is 12.5. The van der Waals surface area contributed by atoms with Crippen LogP contribution in [-0.4, -0.2) is 25.0 Å². The fraction of sp³-hybridized carbons (Fsp3) is 0.333. The number of hydrogen-bond acceptors (Lipinski definition) is 4. The molecule has 1 aromatic heterocycles. The van der Waals surface area contributed by atoms with Crippen LogP contribution in [0.25, 0.3) is 0 Å². The number of ether oxygens (including phenoxy) is 1. The van der Waals surface area contributed by atoms with Gasteiger partial charge in [-0.05, 0) is 29.5 Å². The molecule has 0 radical (unpaired) electrons. The third kappa shape index (κ3) is 4.58. The van der Waals surface area contributed by atoms with Gasteiger partial charge in [0.25, 0.3) is 5.91 Å². The lowest BCUT2D eigenvalue weighted by molar-refractivity contribution is -0.124. The van der Waals surface area contributed by atoms with Crippen LogP contribution in [0.4, 0.5) is 0 Å². The zero-order valence-electron chi connectivity index (χ0n) is 14.0. The SMILES string of the molecule is COc1ccccc1C(=O)N[C@H](C(=O)NCc1cccs1)C(C)C. The van der Waals surface area contributed by atoms with E-state index in [4.69, 9.17) is 4.74 Å². The summed E-state index contributed by atoms with van der Waals surface area (Å²) >= 11 is 1.58. The quantitative estimate of drug-likeness (QED) is 0.810. The minimum atomic E-state index is -0.609. The molecule has 0 saturated heterocycles. The molecule has 0 saturated carbocycles. The van der Waals surface area contributed by atoms with Crippen molar-refractivity contribution in [3.63, 3.8) is 0 Å². The summed E-state index contributed by atoms with van der Waals surface area (Å²) in [6.45, 7) is 4.26. The standard InChI is InChI=1S/C18H22N2O3S/c1-12(2)16(18(22)19-11-13-7-6-10-24-13)20-17(21)14-8-4-5-9-15(14)23-3/h4-10,12,16H,11H2,1-3H3,(H,19,22)(H,20,21)/t16-/m0/s1. The number of methoxy groups -OCH3 is 1. The van der Waals surface area contributed by atoms with E-state index < -0.39 is 6.04 Å². The van der Waals surface area contributed by atoms with Crippen LogP contribution >= 0.6 is 11.3 Å². The lowest BCUT2D eigenvalue weighted by Crippen LogP contribution is -2.49. The first-order valence-electron chi connectivity index (χ1n) is 7.77. The number of carbonyl (C=O) groups excluding carboxylic acids is 2. The van der Waals surface area contributed by atoms with E-state index in [9.17, 15) is 9.59 Å². The number of amides is 2. The average molecular weight is 346 g/mol. The molecule has 0 aliphatic rings. The molecule has 24 heavy (non-hydrogen) atoms. The Bertz CT molecular complexity index is 683. The Balaban J connectivity index is 2.04. The summed E-state index contributed by atoms with van der Waals surface area (Å²) in [5.74, 6) is -0.0671. The first-order valence-corrected chi connectivity index (χ1v) is 8.65. The second kappa shape index (κ2) is 8.49. The Kier molecular flexibility index (Phi) is 6.37. The zero-order valence-corrected chi connectivity index (χ0v) is 14.9. The zero-order chi connectivity index (χ0) is 17.5. The molecular formula is C18H22N2O3S. The molecule has 0 spiro atoms. The Morgan fingerprint density at radius 3 is 2.54 bits per heavy atom. The summed E-state index contributed by atoms with van der Waals surface area (Å²) in [5, 5.41) is 7.65. The van der Waals surface area contributed by atoms with E-state index >= 15 is 0 Å². The van der Waals surface area contributed by atoms with Crippen molar-refractivity contribution in [3.8, 4) is 5.75 Å². The van der Waals surface area contributed by atoms with Crippen LogP contribution in [0.3, 0.4) is 0 Å². The fourth-order valence-electron chi connectivity index (χ4n) is 2.28. The molecular weight excluding hydrogens is 324 g/mol. The van der Waals surface area contributed by atoms with Gasteiger partial charge in [0.2, 0.25) is 5.91 Å². The molecule has 0 unspecified atom stereocenters. The van der Waals surface area contributed by atoms with E-state index in [2.05, 4.69) is 10.6 Å². The molecule has 6 heteroatoms. The number of para-hydroxylation sites is 1. The van der Waals surface area contributed by atoms with Crippen molar-refractivity contribution in [2.75, 3.05) is 7.11 Å². The predicted octanol–water partition coefficient (Wildman–Crippen LogP) is 2.83. The van der Waals surface area contributed by atoms with Crippen molar-refractivity contribution >= 4 is 23.2 Å². The number of carbonyl (C=O) groups is 2. The van der Waals surface area contributed by atoms with Gasteiger partial charge in [-0.2, -0.15) is 0 Å². The molecule has 1 heterocycles. The summed E-state index contributed by atoms with van der Waals surface area (Å²) in [4.78, 5) is 26.0. The highest BCUT2D eigenvalue weighted by Crippen LogP contribution is 2.17. The third-order valence-electron chi connectivity index (χ3n) is 3.60. The molecule has 2 amide bonds. The number of benzene rings is 1. The molecule has 5 nitrogen and oxygen atoms in total. The normalized spacial score (nSPS) is 11.8. The van der Waals surface area contributed by atoms with Gasteiger partial charge in [-0.15, -0.1) is 11.3 Å². The third-order valence-corrected chi connectivity index (χ3v) is 4.48. The predicted molar refractivity (Wildman–Crippen MR) is 95.3 cm³/mol.